The zero-order chi connectivity index (χ0) is 17.2. The molecule has 2 rings (SSSR count). The minimum Gasteiger partial charge on any atom is -0.505 e. The van der Waals surface area contributed by atoms with Crippen LogP contribution in [0.1, 0.15) is 19.4 Å². The molecule has 0 atom stereocenters. The first-order valence-corrected chi connectivity index (χ1v) is 8.84. The van der Waals surface area contributed by atoms with Gasteiger partial charge in [-0.15, -0.1) is 0 Å². The molecule has 0 heterocycles. The Morgan fingerprint density at radius 2 is 1.74 bits per heavy atom. The number of phenols is 1. The van der Waals surface area contributed by atoms with Crippen molar-refractivity contribution < 1.29 is 13.5 Å². The molecule has 0 spiro atoms. The fraction of sp³-hybridized carbons (Fsp3) is 0.294. The van der Waals surface area contributed by atoms with E-state index in [1.54, 1.807) is 37.3 Å². The van der Waals surface area contributed by atoms with Crippen molar-refractivity contribution in [2.75, 3.05) is 16.6 Å². The smallest absolute Gasteiger partial charge is 0.264 e. The maximum absolute atomic E-state index is 13.0. The molecule has 0 saturated heterocycles. The van der Waals surface area contributed by atoms with Crippen molar-refractivity contribution in [2.24, 2.45) is 5.92 Å². The van der Waals surface area contributed by atoms with Crippen LogP contribution in [0.2, 0.25) is 0 Å². The summed E-state index contributed by atoms with van der Waals surface area (Å²) in [5.74, 6) is 0.0747. The number of hydrogen-bond donors (Lipinski definition) is 2. The molecule has 0 aromatic heterocycles. The zero-order valence-electron chi connectivity index (χ0n) is 13.5. The molecule has 0 radical (unpaired) electrons. The monoisotopic (exact) mass is 334 g/mol. The summed E-state index contributed by atoms with van der Waals surface area (Å²) >= 11 is 0. The summed E-state index contributed by atoms with van der Waals surface area (Å²) in [5, 5.41) is 10.3. The predicted octanol–water partition coefficient (Wildman–Crippen LogP) is 3.13. The Morgan fingerprint density at radius 3 is 2.30 bits per heavy atom. The number of aryl methyl sites for hydroxylation is 1. The van der Waals surface area contributed by atoms with Crippen LogP contribution < -0.4 is 10.0 Å². The summed E-state index contributed by atoms with van der Waals surface area (Å²) < 4.78 is 27.3. The Morgan fingerprint density at radius 1 is 1.13 bits per heavy atom. The average Bonchev–Trinajstić information content (AvgIpc) is 2.48. The molecule has 2 aromatic rings. The molecule has 23 heavy (non-hydrogen) atoms. The van der Waals surface area contributed by atoms with E-state index < -0.39 is 10.0 Å². The Hall–Kier alpha value is -2.21. The molecule has 6 heteroatoms. The second-order valence-electron chi connectivity index (χ2n) is 5.94. The molecule has 0 unspecified atom stereocenters. The van der Waals surface area contributed by atoms with Gasteiger partial charge in [0.2, 0.25) is 0 Å². The molecule has 0 bridgehead atoms. The fourth-order valence-electron chi connectivity index (χ4n) is 2.27. The lowest BCUT2D eigenvalue weighted by molar-refractivity contribution is 0.470. The van der Waals surface area contributed by atoms with Crippen LogP contribution in [0.4, 0.5) is 11.4 Å². The summed E-state index contributed by atoms with van der Waals surface area (Å²) in [4.78, 5) is 0.147. The molecule has 0 amide bonds. The van der Waals surface area contributed by atoms with Crippen LogP contribution in [0, 0.1) is 12.8 Å². The lowest BCUT2D eigenvalue weighted by Crippen LogP contribution is -2.34. The van der Waals surface area contributed by atoms with E-state index >= 15 is 0 Å². The van der Waals surface area contributed by atoms with Gasteiger partial charge in [-0.2, -0.15) is 0 Å². The van der Waals surface area contributed by atoms with Gasteiger partial charge in [-0.05, 0) is 48.7 Å². The van der Waals surface area contributed by atoms with Crippen LogP contribution in [0.25, 0.3) is 0 Å². The molecule has 0 saturated carbocycles. The largest absolute Gasteiger partial charge is 0.505 e. The van der Waals surface area contributed by atoms with Crippen LogP contribution in [0.5, 0.6) is 5.75 Å². The topological polar surface area (TPSA) is 83.6 Å². The maximum atomic E-state index is 13.0. The molecule has 5 nitrogen and oxygen atoms in total. The van der Waals surface area contributed by atoms with E-state index in [4.69, 9.17) is 5.73 Å². The Balaban J connectivity index is 2.58. The number of nitrogens with two attached hydrogens (primary N) is 1. The molecule has 3 N–H and O–H groups in total. The number of anilines is 2. The molecule has 0 aliphatic rings. The highest BCUT2D eigenvalue weighted by atomic mass is 32.2. The number of para-hydroxylation sites is 1. The van der Waals surface area contributed by atoms with Gasteiger partial charge in [-0.3, -0.25) is 4.31 Å². The number of benzene rings is 2. The van der Waals surface area contributed by atoms with Crippen molar-refractivity contribution in [3.05, 3.63) is 48.0 Å². The lowest BCUT2D eigenvalue weighted by atomic mass is 10.1. The molecule has 0 fully saturated rings. The standard InChI is InChI=1S/C17H22N2O3S/c1-12(2)11-19(16-6-4-5-13(3)17(16)20)23(21,22)15-9-7-14(18)8-10-15/h4-10,12,20H,11,18H2,1-3H3. The van der Waals surface area contributed by atoms with Crippen LogP contribution in [0.15, 0.2) is 47.4 Å². The van der Waals surface area contributed by atoms with Gasteiger partial charge in [0, 0.05) is 12.2 Å². The number of rotatable bonds is 5. The van der Waals surface area contributed by atoms with Gasteiger partial charge >= 0.3 is 0 Å². The summed E-state index contributed by atoms with van der Waals surface area (Å²) in [7, 11) is -3.79. The van der Waals surface area contributed by atoms with Gasteiger partial charge in [-0.1, -0.05) is 26.0 Å². The average molecular weight is 334 g/mol. The summed E-state index contributed by atoms with van der Waals surface area (Å²) in [5.41, 5.74) is 7.05. The minimum absolute atomic E-state index is 0.0211. The Kier molecular flexibility index (Phi) is 4.85. The van der Waals surface area contributed by atoms with Crippen LogP contribution in [-0.4, -0.2) is 20.1 Å². The van der Waals surface area contributed by atoms with Crippen molar-refractivity contribution >= 4 is 21.4 Å². The molecule has 2 aromatic carbocycles. The highest BCUT2D eigenvalue weighted by Crippen LogP contribution is 2.34. The Labute approximate surface area is 137 Å². The molecule has 0 aliphatic heterocycles. The Bertz CT molecular complexity index is 784. The predicted molar refractivity (Wildman–Crippen MR) is 93.1 cm³/mol. The summed E-state index contributed by atoms with van der Waals surface area (Å²) in [6.45, 7) is 5.86. The summed E-state index contributed by atoms with van der Waals surface area (Å²) in [6.07, 6.45) is 0. The van der Waals surface area contributed by atoms with E-state index in [0.717, 1.165) is 0 Å². The number of phenolic OH excluding ortho intramolecular Hbond substituents is 1. The van der Waals surface area contributed by atoms with E-state index in [1.165, 1.54) is 16.4 Å². The zero-order valence-corrected chi connectivity index (χ0v) is 14.3. The van der Waals surface area contributed by atoms with Gasteiger partial charge in [0.25, 0.3) is 10.0 Å². The van der Waals surface area contributed by atoms with Crippen molar-refractivity contribution in [1.82, 2.24) is 0 Å². The minimum atomic E-state index is -3.79. The normalized spacial score (nSPS) is 11.7. The van der Waals surface area contributed by atoms with E-state index in [9.17, 15) is 13.5 Å². The highest BCUT2D eigenvalue weighted by Gasteiger charge is 2.28. The number of nitrogens with zero attached hydrogens (tertiary/aromatic N) is 1. The van der Waals surface area contributed by atoms with Crippen molar-refractivity contribution in [2.45, 2.75) is 25.7 Å². The molecule has 124 valence electrons. The molecular weight excluding hydrogens is 312 g/mol. The maximum Gasteiger partial charge on any atom is 0.264 e. The fourth-order valence-corrected chi connectivity index (χ4v) is 3.90. The van der Waals surface area contributed by atoms with Crippen molar-refractivity contribution in [1.29, 1.82) is 0 Å². The summed E-state index contributed by atoms with van der Waals surface area (Å²) in [6, 6.07) is 11.1. The first kappa shape index (κ1) is 17.1. The number of hydrogen-bond acceptors (Lipinski definition) is 4. The van der Waals surface area contributed by atoms with Crippen LogP contribution >= 0.6 is 0 Å². The first-order chi connectivity index (χ1) is 10.7. The van der Waals surface area contributed by atoms with E-state index in [2.05, 4.69) is 0 Å². The number of aromatic hydroxyl groups is 1. The first-order valence-electron chi connectivity index (χ1n) is 7.40. The quantitative estimate of drug-likeness (QED) is 0.823. The highest BCUT2D eigenvalue weighted by molar-refractivity contribution is 7.92. The van der Waals surface area contributed by atoms with Crippen LogP contribution in [0.3, 0.4) is 0 Å². The van der Waals surface area contributed by atoms with E-state index in [0.29, 0.717) is 11.3 Å². The third kappa shape index (κ3) is 3.59. The third-order valence-corrected chi connectivity index (χ3v) is 5.28. The van der Waals surface area contributed by atoms with Crippen LogP contribution in [-0.2, 0) is 10.0 Å². The van der Waals surface area contributed by atoms with E-state index in [-0.39, 0.29) is 28.8 Å². The van der Waals surface area contributed by atoms with Gasteiger partial charge < -0.3 is 10.8 Å². The second-order valence-corrected chi connectivity index (χ2v) is 7.80. The van der Waals surface area contributed by atoms with Gasteiger partial charge in [-0.25, -0.2) is 8.42 Å². The lowest BCUT2D eigenvalue weighted by Gasteiger charge is -2.27. The number of nitrogen functional groups attached to an aromatic ring is 1. The SMILES string of the molecule is Cc1cccc(N(CC(C)C)S(=O)(=O)c2ccc(N)cc2)c1O. The second kappa shape index (κ2) is 6.50. The van der Waals surface area contributed by atoms with Gasteiger partial charge in [0.05, 0.1) is 10.6 Å². The third-order valence-electron chi connectivity index (χ3n) is 3.48. The van der Waals surface area contributed by atoms with E-state index in [1.807, 2.05) is 13.8 Å². The van der Waals surface area contributed by atoms with Gasteiger partial charge in [0.15, 0.2) is 0 Å². The van der Waals surface area contributed by atoms with Crippen molar-refractivity contribution in [3.63, 3.8) is 0 Å². The molecular formula is C17H22N2O3S. The number of sulfonamides is 1. The molecule has 0 aliphatic carbocycles. The van der Waals surface area contributed by atoms with Gasteiger partial charge in [0.1, 0.15) is 5.75 Å². The van der Waals surface area contributed by atoms with Crippen molar-refractivity contribution in [3.8, 4) is 5.75 Å².